The van der Waals surface area contributed by atoms with Crippen molar-refractivity contribution in [1.29, 1.82) is 0 Å². The minimum Gasteiger partial charge on any atom is -0.497 e. The maximum atomic E-state index is 5.46. The van der Waals surface area contributed by atoms with Crippen LogP contribution in [0.3, 0.4) is 0 Å². The molecule has 4 nitrogen and oxygen atoms in total. The first-order valence-corrected chi connectivity index (χ1v) is 7.10. The van der Waals surface area contributed by atoms with Gasteiger partial charge >= 0.3 is 0 Å². The molecule has 0 bridgehead atoms. The second-order valence-electron chi connectivity index (χ2n) is 5.47. The topological polar surface area (TPSA) is 39.9 Å². The summed E-state index contributed by atoms with van der Waals surface area (Å²) in [7, 11) is 1.70. The van der Waals surface area contributed by atoms with E-state index in [1.165, 1.54) is 10.9 Å². The summed E-state index contributed by atoms with van der Waals surface area (Å²) in [6, 6.07) is 6.22. The zero-order valence-corrected chi connectivity index (χ0v) is 12.6. The van der Waals surface area contributed by atoms with Gasteiger partial charge in [0.25, 0.3) is 0 Å². The Balaban J connectivity index is 2.20. The summed E-state index contributed by atoms with van der Waals surface area (Å²) in [6.45, 7) is 5.13. The van der Waals surface area contributed by atoms with Gasteiger partial charge in [-0.3, -0.25) is 4.98 Å². The van der Waals surface area contributed by atoms with Gasteiger partial charge in [0.1, 0.15) is 5.75 Å². The molecule has 0 saturated carbocycles. The quantitative estimate of drug-likeness (QED) is 0.733. The molecule has 0 amide bonds. The summed E-state index contributed by atoms with van der Waals surface area (Å²) in [5.41, 5.74) is 3.48. The molecule has 0 atom stereocenters. The molecule has 1 aromatic carbocycles. The van der Waals surface area contributed by atoms with Crippen LogP contribution in [0.2, 0.25) is 0 Å². The van der Waals surface area contributed by atoms with Gasteiger partial charge in [0, 0.05) is 29.5 Å². The third kappa shape index (κ3) is 2.61. The van der Waals surface area contributed by atoms with Crippen LogP contribution in [0.4, 0.5) is 0 Å². The van der Waals surface area contributed by atoms with Crippen molar-refractivity contribution >= 4 is 10.9 Å². The number of pyridine rings is 1. The number of nitrogens with zero attached hydrogens (tertiary/aromatic N) is 3. The Morgan fingerprint density at radius 3 is 2.76 bits per heavy atom. The van der Waals surface area contributed by atoms with Crippen molar-refractivity contribution in [3.05, 3.63) is 54.2 Å². The molecular formula is C17H19N3O. The maximum Gasteiger partial charge on any atom is 0.119 e. The Hall–Kier alpha value is -2.36. The van der Waals surface area contributed by atoms with Crippen LogP contribution in [0.15, 0.2) is 43.1 Å². The lowest BCUT2D eigenvalue weighted by Crippen LogP contribution is -2.01. The predicted octanol–water partition coefficient (Wildman–Crippen LogP) is 3.61. The predicted molar refractivity (Wildman–Crippen MR) is 83.7 cm³/mol. The zero-order chi connectivity index (χ0) is 14.8. The normalized spacial score (nSPS) is 11.2. The van der Waals surface area contributed by atoms with Gasteiger partial charge < -0.3 is 9.30 Å². The van der Waals surface area contributed by atoms with E-state index in [9.17, 15) is 0 Å². The van der Waals surface area contributed by atoms with E-state index in [2.05, 4.69) is 42.0 Å². The molecule has 0 aliphatic heterocycles. The first kappa shape index (κ1) is 13.6. The van der Waals surface area contributed by atoms with Crippen molar-refractivity contribution in [3.63, 3.8) is 0 Å². The second kappa shape index (κ2) is 5.56. The molecule has 2 aromatic heterocycles. The molecule has 2 heterocycles. The van der Waals surface area contributed by atoms with Crippen LogP contribution in [0.1, 0.15) is 30.9 Å². The number of hydrogen-bond donors (Lipinski definition) is 0. The van der Waals surface area contributed by atoms with Gasteiger partial charge in [0.2, 0.25) is 0 Å². The number of methoxy groups -OCH3 is 1. The molecule has 0 fully saturated rings. The summed E-state index contributed by atoms with van der Waals surface area (Å²) in [5, 5.41) is 1.17. The van der Waals surface area contributed by atoms with Crippen molar-refractivity contribution in [1.82, 2.24) is 14.5 Å². The first-order valence-electron chi connectivity index (χ1n) is 7.10. The molecule has 0 spiro atoms. The van der Waals surface area contributed by atoms with Crippen LogP contribution in [0.5, 0.6) is 5.75 Å². The van der Waals surface area contributed by atoms with Crippen LogP contribution in [0.25, 0.3) is 10.9 Å². The lowest BCUT2D eigenvalue weighted by atomic mass is 9.97. The van der Waals surface area contributed by atoms with E-state index in [1.807, 2.05) is 23.3 Å². The van der Waals surface area contributed by atoms with Crippen LogP contribution in [-0.4, -0.2) is 21.6 Å². The van der Waals surface area contributed by atoms with Crippen LogP contribution < -0.4 is 4.74 Å². The molecule has 0 aliphatic carbocycles. The molecular weight excluding hydrogens is 262 g/mol. The molecule has 0 unspecified atom stereocenters. The van der Waals surface area contributed by atoms with E-state index in [0.29, 0.717) is 5.92 Å². The Bertz CT molecular complexity index is 748. The molecule has 0 N–H and O–H groups in total. The molecule has 3 rings (SSSR count). The Labute approximate surface area is 124 Å². The van der Waals surface area contributed by atoms with E-state index < -0.39 is 0 Å². The highest BCUT2D eigenvalue weighted by molar-refractivity contribution is 5.87. The second-order valence-corrected chi connectivity index (χ2v) is 5.47. The van der Waals surface area contributed by atoms with Crippen molar-refractivity contribution in [2.24, 2.45) is 0 Å². The van der Waals surface area contributed by atoms with E-state index in [4.69, 9.17) is 4.74 Å². The van der Waals surface area contributed by atoms with Crippen LogP contribution in [-0.2, 0) is 6.54 Å². The summed E-state index contributed by atoms with van der Waals surface area (Å²) in [5.74, 6) is 1.32. The van der Waals surface area contributed by atoms with Crippen molar-refractivity contribution < 1.29 is 4.74 Å². The molecule has 108 valence electrons. The highest BCUT2D eigenvalue weighted by Crippen LogP contribution is 2.30. The number of aromatic nitrogens is 3. The smallest absolute Gasteiger partial charge is 0.119 e. The number of ether oxygens (including phenoxy) is 1. The third-order valence-electron chi connectivity index (χ3n) is 3.70. The number of fused-ring (bicyclic) bond motifs is 1. The standard InChI is InChI=1S/C17H19N3O/c1-12(2)15-4-5-19-17-13(10-20-7-6-18-11-20)8-14(21-3)9-16(15)17/h4-9,11-12H,10H2,1-3H3. The van der Waals surface area contributed by atoms with Gasteiger partial charge in [0.15, 0.2) is 0 Å². The highest BCUT2D eigenvalue weighted by Gasteiger charge is 2.12. The van der Waals surface area contributed by atoms with E-state index >= 15 is 0 Å². The molecule has 0 aliphatic rings. The fourth-order valence-electron chi connectivity index (χ4n) is 2.64. The van der Waals surface area contributed by atoms with Gasteiger partial charge in [-0.2, -0.15) is 0 Å². The van der Waals surface area contributed by atoms with Gasteiger partial charge in [0.05, 0.1) is 25.5 Å². The van der Waals surface area contributed by atoms with Crippen LogP contribution >= 0.6 is 0 Å². The SMILES string of the molecule is COc1cc(Cn2ccnc2)c2nccc(C(C)C)c2c1. The Morgan fingerprint density at radius 2 is 2.10 bits per heavy atom. The summed E-state index contributed by atoms with van der Waals surface area (Å²) in [6.07, 6.45) is 7.45. The van der Waals surface area contributed by atoms with Gasteiger partial charge in [-0.15, -0.1) is 0 Å². The fourth-order valence-corrected chi connectivity index (χ4v) is 2.64. The fraction of sp³-hybridized carbons (Fsp3) is 0.294. The minimum absolute atomic E-state index is 0.448. The molecule has 0 radical (unpaired) electrons. The van der Waals surface area contributed by atoms with E-state index in [0.717, 1.165) is 23.4 Å². The number of rotatable bonds is 4. The Kier molecular flexibility index (Phi) is 3.60. The monoisotopic (exact) mass is 281 g/mol. The third-order valence-corrected chi connectivity index (χ3v) is 3.70. The van der Waals surface area contributed by atoms with E-state index in [1.54, 1.807) is 13.3 Å². The lowest BCUT2D eigenvalue weighted by Gasteiger charge is -2.14. The summed E-state index contributed by atoms with van der Waals surface area (Å²) in [4.78, 5) is 8.69. The highest BCUT2D eigenvalue weighted by atomic mass is 16.5. The largest absolute Gasteiger partial charge is 0.497 e. The average Bonchev–Trinajstić information content (AvgIpc) is 2.99. The van der Waals surface area contributed by atoms with Gasteiger partial charge in [-0.05, 0) is 29.7 Å². The number of imidazole rings is 1. The van der Waals surface area contributed by atoms with Crippen LogP contribution in [0, 0.1) is 0 Å². The Morgan fingerprint density at radius 1 is 1.24 bits per heavy atom. The van der Waals surface area contributed by atoms with Gasteiger partial charge in [-0.25, -0.2) is 4.98 Å². The maximum absolute atomic E-state index is 5.46. The lowest BCUT2D eigenvalue weighted by molar-refractivity contribution is 0.414. The molecule has 0 saturated heterocycles. The summed E-state index contributed by atoms with van der Waals surface area (Å²) >= 11 is 0. The van der Waals surface area contributed by atoms with Crippen molar-refractivity contribution in [2.45, 2.75) is 26.3 Å². The zero-order valence-electron chi connectivity index (χ0n) is 12.6. The first-order chi connectivity index (χ1) is 10.2. The summed E-state index contributed by atoms with van der Waals surface area (Å²) < 4.78 is 7.50. The molecule has 3 aromatic rings. The molecule has 4 heteroatoms. The van der Waals surface area contributed by atoms with Crippen molar-refractivity contribution in [3.8, 4) is 5.75 Å². The number of hydrogen-bond acceptors (Lipinski definition) is 3. The minimum atomic E-state index is 0.448. The van der Waals surface area contributed by atoms with E-state index in [-0.39, 0.29) is 0 Å². The van der Waals surface area contributed by atoms with Gasteiger partial charge in [-0.1, -0.05) is 13.8 Å². The average molecular weight is 281 g/mol. The number of benzene rings is 1. The molecule has 21 heavy (non-hydrogen) atoms. The van der Waals surface area contributed by atoms with Crippen molar-refractivity contribution in [2.75, 3.05) is 7.11 Å².